The monoisotopic (exact) mass is 466 g/mol. The first-order chi connectivity index (χ1) is 11.5. The lowest BCUT2D eigenvalue weighted by atomic mass is 9.97. The molecule has 0 aliphatic carbocycles. The van der Waals surface area contributed by atoms with Crippen molar-refractivity contribution in [3.8, 4) is 0 Å². The van der Waals surface area contributed by atoms with Crippen LogP contribution in [-0.2, 0) is 9.53 Å². The lowest BCUT2D eigenvalue weighted by molar-refractivity contribution is -0.127. The Morgan fingerprint density at radius 1 is 1.28 bits per heavy atom. The summed E-state index contributed by atoms with van der Waals surface area (Å²) >= 11 is 0. The number of carbonyl (C=O) groups is 1. The largest absolute Gasteiger partial charge is 0.381 e. The average Bonchev–Trinajstić information content (AvgIpc) is 2.99. The molecule has 2 fully saturated rings. The molecule has 0 bridgehead atoms. The van der Waals surface area contributed by atoms with Crippen molar-refractivity contribution in [2.45, 2.75) is 45.6 Å². The van der Waals surface area contributed by atoms with Crippen LogP contribution in [0.1, 0.15) is 39.5 Å². The first kappa shape index (κ1) is 22.5. The Morgan fingerprint density at radius 3 is 2.56 bits per heavy atom. The molecule has 1 unspecified atom stereocenters. The van der Waals surface area contributed by atoms with Crippen molar-refractivity contribution in [3.63, 3.8) is 0 Å². The zero-order valence-corrected chi connectivity index (χ0v) is 18.5. The van der Waals surface area contributed by atoms with Gasteiger partial charge in [0.05, 0.1) is 0 Å². The van der Waals surface area contributed by atoms with Crippen LogP contribution in [0.15, 0.2) is 4.99 Å². The van der Waals surface area contributed by atoms with Gasteiger partial charge in [-0.05, 0) is 37.5 Å². The maximum Gasteiger partial charge on any atom is 0.243 e. The number of likely N-dealkylation sites (tertiary alicyclic amines) is 1. The molecule has 146 valence electrons. The average molecular weight is 466 g/mol. The predicted molar refractivity (Wildman–Crippen MR) is 113 cm³/mol. The number of nitrogens with zero attached hydrogens (tertiary/aromatic N) is 3. The number of likely N-dealkylation sites (N-methyl/N-ethyl adjacent to an activating group) is 1. The van der Waals surface area contributed by atoms with Crippen LogP contribution in [0.25, 0.3) is 0 Å². The molecule has 6 nitrogen and oxygen atoms in total. The van der Waals surface area contributed by atoms with E-state index in [0.29, 0.717) is 6.04 Å². The quantitative estimate of drug-likeness (QED) is 0.384. The Kier molecular flexibility index (Phi) is 10.1. The lowest BCUT2D eigenvalue weighted by Crippen LogP contribution is -2.47. The van der Waals surface area contributed by atoms with E-state index in [-0.39, 0.29) is 36.4 Å². The molecule has 2 aliphatic rings. The number of guanidine groups is 1. The van der Waals surface area contributed by atoms with Crippen LogP contribution in [-0.4, -0.2) is 74.7 Å². The summed E-state index contributed by atoms with van der Waals surface area (Å²) in [6, 6.07) is 0.399. The Balaban J connectivity index is 0.00000312. The molecule has 0 aromatic heterocycles. The standard InChI is InChI=1S/C18H34N4O2.HI/c1-14(2)11-15-5-8-22(13-15)18(19-12-17(23)21(3)4)20-16-6-9-24-10-7-16;/h14-16H,5-13H2,1-4H3,(H,19,20);1H. The van der Waals surface area contributed by atoms with Crippen molar-refractivity contribution >= 4 is 35.8 Å². The minimum Gasteiger partial charge on any atom is -0.381 e. The summed E-state index contributed by atoms with van der Waals surface area (Å²) in [5.74, 6) is 2.41. The number of carbonyl (C=O) groups excluding carboxylic acids is 1. The van der Waals surface area contributed by atoms with Gasteiger partial charge in [0.2, 0.25) is 5.91 Å². The van der Waals surface area contributed by atoms with E-state index < -0.39 is 0 Å². The number of hydrogen-bond donors (Lipinski definition) is 1. The van der Waals surface area contributed by atoms with Gasteiger partial charge in [-0.25, -0.2) is 4.99 Å². The molecule has 1 atom stereocenters. The van der Waals surface area contributed by atoms with E-state index in [1.54, 1.807) is 19.0 Å². The predicted octanol–water partition coefficient (Wildman–Crippen LogP) is 2.19. The topological polar surface area (TPSA) is 57.2 Å². The van der Waals surface area contributed by atoms with Crippen LogP contribution in [0.4, 0.5) is 0 Å². The van der Waals surface area contributed by atoms with Crippen molar-refractivity contribution < 1.29 is 9.53 Å². The third-order valence-corrected chi connectivity index (χ3v) is 4.81. The van der Waals surface area contributed by atoms with Gasteiger partial charge in [0, 0.05) is 46.4 Å². The van der Waals surface area contributed by atoms with E-state index in [2.05, 4.69) is 29.1 Å². The van der Waals surface area contributed by atoms with E-state index in [1.807, 2.05) is 0 Å². The maximum atomic E-state index is 11.9. The summed E-state index contributed by atoms with van der Waals surface area (Å²) in [6.45, 7) is 8.46. The number of aliphatic imine (C=N–C) groups is 1. The second kappa shape index (κ2) is 11.2. The van der Waals surface area contributed by atoms with Gasteiger partial charge in [0.25, 0.3) is 0 Å². The molecule has 25 heavy (non-hydrogen) atoms. The van der Waals surface area contributed by atoms with Crippen LogP contribution in [0, 0.1) is 11.8 Å². The molecule has 0 saturated carbocycles. The molecule has 2 rings (SSSR count). The van der Waals surface area contributed by atoms with Gasteiger partial charge in [-0.15, -0.1) is 24.0 Å². The minimum absolute atomic E-state index is 0. The molecule has 2 aliphatic heterocycles. The third-order valence-electron chi connectivity index (χ3n) is 4.81. The number of rotatable bonds is 5. The molecule has 0 aromatic carbocycles. The normalized spacial score (nSPS) is 22.0. The summed E-state index contributed by atoms with van der Waals surface area (Å²) in [7, 11) is 3.55. The van der Waals surface area contributed by atoms with Gasteiger partial charge >= 0.3 is 0 Å². The summed E-state index contributed by atoms with van der Waals surface area (Å²) in [5.41, 5.74) is 0. The molecule has 0 aromatic rings. The number of ether oxygens (including phenoxy) is 1. The van der Waals surface area contributed by atoms with Gasteiger partial charge in [0.15, 0.2) is 5.96 Å². The van der Waals surface area contributed by atoms with Gasteiger partial charge in [-0.1, -0.05) is 13.8 Å². The second-order valence-corrected chi connectivity index (χ2v) is 7.69. The van der Waals surface area contributed by atoms with Gasteiger partial charge in [-0.2, -0.15) is 0 Å². The molecule has 0 radical (unpaired) electrons. The van der Waals surface area contributed by atoms with E-state index in [0.717, 1.165) is 56.9 Å². The number of nitrogens with one attached hydrogen (secondary N) is 1. The highest BCUT2D eigenvalue weighted by Gasteiger charge is 2.27. The van der Waals surface area contributed by atoms with Gasteiger partial charge in [0.1, 0.15) is 6.54 Å². The molecule has 0 spiro atoms. The molecular formula is C18H35IN4O2. The molecule has 7 heteroatoms. The van der Waals surface area contributed by atoms with Gasteiger partial charge in [-0.3, -0.25) is 4.79 Å². The molecule has 2 heterocycles. The van der Waals surface area contributed by atoms with Crippen molar-refractivity contribution in [1.82, 2.24) is 15.1 Å². The molecule has 1 amide bonds. The van der Waals surface area contributed by atoms with Crippen molar-refractivity contribution in [1.29, 1.82) is 0 Å². The number of halogens is 1. The van der Waals surface area contributed by atoms with E-state index in [9.17, 15) is 4.79 Å². The highest BCUT2D eigenvalue weighted by atomic mass is 127. The Morgan fingerprint density at radius 2 is 1.96 bits per heavy atom. The summed E-state index contributed by atoms with van der Waals surface area (Å²) in [5, 5.41) is 3.59. The summed E-state index contributed by atoms with van der Waals surface area (Å²) < 4.78 is 5.44. The zero-order chi connectivity index (χ0) is 17.5. The fourth-order valence-corrected chi connectivity index (χ4v) is 3.43. The Bertz CT molecular complexity index is 437. The highest BCUT2D eigenvalue weighted by Crippen LogP contribution is 2.23. The fourth-order valence-electron chi connectivity index (χ4n) is 3.43. The van der Waals surface area contributed by atoms with Crippen molar-refractivity contribution in [2.24, 2.45) is 16.8 Å². The summed E-state index contributed by atoms with van der Waals surface area (Å²) in [4.78, 5) is 20.5. The van der Waals surface area contributed by atoms with Gasteiger partial charge < -0.3 is 19.9 Å². The highest BCUT2D eigenvalue weighted by molar-refractivity contribution is 14.0. The zero-order valence-electron chi connectivity index (χ0n) is 16.2. The van der Waals surface area contributed by atoms with Crippen LogP contribution in [0.5, 0.6) is 0 Å². The van der Waals surface area contributed by atoms with Crippen molar-refractivity contribution in [3.05, 3.63) is 0 Å². The number of hydrogen-bond acceptors (Lipinski definition) is 3. The Hall–Kier alpha value is -0.570. The van der Waals surface area contributed by atoms with Crippen LogP contribution >= 0.6 is 24.0 Å². The lowest BCUT2D eigenvalue weighted by Gasteiger charge is -2.29. The third kappa shape index (κ3) is 7.68. The second-order valence-electron chi connectivity index (χ2n) is 7.69. The SMILES string of the molecule is CC(C)CC1CCN(C(=NCC(=O)N(C)C)NC2CCOCC2)C1.I. The smallest absolute Gasteiger partial charge is 0.243 e. The van der Waals surface area contributed by atoms with Crippen LogP contribution < -0.4 is 5.32 Å². The number of amides is 1. The van der Waals surface area contributed by atoms with E-state index in [4.69, 9.17) is 4.74 Å². The summed E-state index contributed by atoms with van der Waals surface area (Å²) in [6.07, 6.45) is 4.49. The van der Waals surface area contributed by atoms with Crippen molar-refractivity contribution in [2.75, 3.05) is 46.9 Å². The van der Waals surface area contributed by atoms with Crippen LogP contribution in [0.3, 0.4) is 0 Å². The van der Waals surface area contributed by atoms with E-state index in [1.165, 1.54) is 12.8 Å². The fraction of sp³-hybridized carbons (Fsp3) is 0.889. The molecular weight excluding hydrogens is 431 g/mol. The maximum absolute atomic E-state index is 11.9. The first-order valence-electron chi connectivity index (χ1n) is 9.29. The molecule has 2 saturated heterocycles. The van der Waals surface area contributed by atoms with Crippen LogP contribution in [0.2, 0.25) is 0 Å². The Labute approximate surface area is 169 Å². The molecule has 1 N–H and O–H groups in total. The minimum atomic E-state index is 0. The first-order valence-corrected chi connectivity index (χ1v) is 9.29. The van der Waals surface area contributed by atoms with E-state index >= 15 is 0 Å².